The first-order valence-corrected chi connectivity index (χ1v) is 13.3. The van der Waals surface area contributed by atoms with Crippen molar-refractivity contribution in [3.63, 3.8) is 0 Å². The molecule has 1 atom stereocenters. The number of benzene rings is 1. The molecule has 0 amide bonds. The Kier molecular flexibility index (Phi) is 10.1. The lowest BCUT2D eigenvalue weighted by molar-refractivity contribution is -0.389. The van der Waals surface area contributed by atoms with Gasteiger partial charge in [0.15, 0.2) is 0 Å². The number of anilines is 1. The first-order valence-electron chi connectivity index (χ1n) is 12.9. The number of aliphatic hydroxyl groups excluding tert-OH is 1. The van der Waals surface area contributed by atoms with Crippen molar-refractivity contribution in [2.75, 3.05) is 31.2 Å². The van der Waals surface area contributed by atoms with Crippen molar-refractivity contribution in [3.8, 4) is 17.2 Å². The van der Waals surface area contributed by atoms with Crippen LogP contribution in [0.3, 0.4) is 0 Å². The predicted molar refractivity (Wildman–Crippen MR) is 142 cm³/mol. The molecule has 0 radical (unpaired) electrons. The van der Waals surface area contributed by atoms with E-state index >= 15 is 0 Å². The van der Waals surface area contributed by atoms with Crippen LogP contribution in [-0.2, 0) is 6.54 Å². The molecule has 1 unspecified atom stereocenters. The lowest BCUT2D eigenvalue weighted by atomic mass is 9.94. The molecule has 1 saturated heterocycles. The van der Waals surface area contributed by atoms with Gasteiger partial charge in [0.1, 0.15) is 35.9 Å². The average Bonchev–Trinajstić information content (AvgIpc) is 3.32. The highest BCUT2D eigenvalue weighted by Crippen LogP contribution is 2.27. The summed E-state index contributed by atoms with van der Waals surface area (Å²) in [6.45, 7) is 2.39. The van der Waals surface area contributed by atoms with Crippen molar-refractivity contribution in [2.45, 2.75) is 44.7 Å². The molecule has 1 fully saturated rings. The Morgan fingerprint density at radius 2 is 1.78 bits per heavy atom. The average molecular weight is 600 g/mol. The molecule has 15 heteroatoms. The van der Waals surface area contributed by atoms with Crippen molar-refractivity contribution in [1.29, 1.82) is 0 Å². The summed E-state index contributed by atoms with van der Waals surface area (Å²) < 4.78 is 53.4. The summed E-state index contributed by atoms with van der Waals surface area (Å²) in [7, 11) is 0. The molecule has 222 valence electrons. The third-order valence-electron chi connectivity index (χ3n) is 6.56. The molecule has 3 heterocycles. The van der Waals surface area contributed by atoms with E-state index < -0.39 is 17.4 Å². The van der Waals surface area contributed by atoms with E-state index in [-0.39, 0.29) is 36.4 Å². The molecule has 1 aliphatic heterocycles. The minimum absolute atomic E-state index is 0.0193. The summed E-state index contributed by atoms with van der Waals surface area (Å²) in [6.07, 6.45) is 0.291. The van der Waals surface area contributed by atoms with E-state index in [4.69, 9.17) is 21.1 Å². The zero-order valence-electron chi connectivity index (χ0n) is 21.9. The van der Waals surface area contributed by atoms with Gasteiger partial charge < -0.3 is 34.3 Å². The number of ether oxygens (including phenoxy) is 3. The monoisotopic (exact) mass is 599 g/mol. The number of aromatic nitrogens is 3. The van der Waals surface area contributed by atoms with Crippen LogP contribution in [0, 0.1) is 16.0 Å². The predicted octanol–water partition coefficient (Wildman–Crippen LogP) is 5.25. The molecule has 41 heavy (non-hydrogen) atoms. The van der Waals surface area contributed by atoms with Crippen molar-refractivity contribution in [1.82, 2.24) is 14.5 Å². The number of halogens is 4. The van der Waals surface area contributed by atoms with Crippen LogP contribution in [0.4, 0.5) is 24.8 Å². The Balaban J connectivity index is 1.13. The van der Waals surface area contributed by atoms with Crippen LogP contribution in [0.25, 0.3) is 0 Å². The number of pyridine rings is 1. The fraction of sp³-hybridized carbons (Fsp3) is 0.462. The van der Waals surface area contributed by atoms with E-state index in [9.17, 15) is 28.4 Å². The molecule has 1 aliphatic rings. The van der Waals surface area contributed by atoms with E-state index in [1.54, 1.807) is 12.3 Å². The van der Waals surface area contributed by atoms with Crippen LogP contribution in [0.2, 0.25) is 5.28 Å². The molecule has 3 aromatic rings. The van der Waals surface area contributed by atoms with E-state index in [0.717, 1.165) is 38.2 Å². The van der Waals surface area contributed by atoms with Gasteiger partial charge in [0.25, 0.3) is 0 Å². The van der Waals surface area contributed by atoms with Crippen molar-refractivity contribution in [3.05, 3.63) is 64.2 Å². The maximum absolute atomic E-state index is 12.3. The van der Waals surface area contributed by atoms with Gasteiger partial charge in [-0.25, -0.2) is 4.98 Å². The summed E-state index contributed by atoms with van der Waals surface area (Å²) in [4.78, 5) is 20.5. The summed E-state index contributed by atoms with van der Waals surface area (Å²) in [5.41, 5.74) is 0. The van der Waals surface area contributed by atoms with Gasteiger partial charge in [-0.2, -0.15) is 0 Å². The minimum Gasteiger partial charge on any atom is -0.494 e. The minimum atomic E-state index is -4.72. The lowest BCUT2D eigenvalue weighted by Crippen LogP contribution is -2.34. The van der Waals surface area contributed by atoms with E-state index in [1.165, 1.54) is 35.0 Å². The van der Waals surface area contributed by atoms with Crippen LogP contribution in [0.15, 0.2) is 48.8 Å². The zero-order chi connectivity index (χ0) is 29.4. The van der Waals surface area contributed by atoms with Crippen LogP contribution in [0.5, 0.6) is 17.2 Å². The SMILES string of the molecule is O=[N+]([O-])c1cn(CCC(O)COc2ccc(N3CCC(CCOc4ccc(OC(F)(F)F)cc4)CC3)nc2)c(Cl)n1. The second-order valence-electron chi connectivity index (χ2n) is 9.51. The highest BCUT2D eigenvalue weighted by molar-refractivity contribution is 6.28. The number of rotatable bonds is 13. The number of hydrogen-bond donors (Lipinski definition) is 1. The number of nitro groups is 1. The smallest absolute Gasteiger partial charge is 0.494 e. The number of imidazole rings is 1. The van der Waals surface area contributed by atoms with Crippen molar-refractivity contribution >= 4 is 23.2 Å². The number of hydrogen-bond acceptors (Lipinski definition) is 9. The second-order valence-corrected chi connectivity index (χ2v) is 9.85. The Hall–Kier alpha value is -3.78. The van der Waals surface area contributed by atoms with Gasteiger partial charge in [-0.1, -0.05) is 0 Å². The lowest BCUT2D eigenvalue weighted by Gasteiger charge is -2.32. The van der Waals surface area contributed by atoms with Crippen molar-refractivity contribution in [2.24, 2.45) is 5.92 Å². The van der Waals surface area contributed by atoms with E-state index in [1.807, 2.05) is 6.07 Å². The van der Waals surface area contributed by atoms with Gasteiger partial charge in [0, 0.05) is 19.6 Å². The molecular weight excluding hydrogens is 571 g/mol. The van der Waals surface area contributed by atoms with Gasteiger partial charge in [0.05, 0.1) is 18.9 Å². The summed E-state index contributed by atoms with van der Waals surface area (Å²) >= 11 is 5.88. The Labute approximate surface area is 238 Å². The fourth-order valence-corrected chi connectivity index (χ4v) is 4.59. The summed E-state index contributed by atoms with van der Waals surface area (Å²) in [5.74, 6) is 1.65. The van der Waals surface area contributed by atoms with Gasteiger partial charge in [-0.3, -0.25) is 4.57 Å². The van der Waals surface area contributed by atoms with Crippen LogP contribution < -0.4 is 19.1 Å². The zero-order valence-corrected chi connectivity index (χ0v) is 22.6. The second kappa shape index (κ2) is 13.7. The molecule has 1 aromatic carbocycles. The molecule has 11 nitrogen and oxygen atoms in total. The number of aryl methyl sites for hydroxylation is 1. The van der Waals surface area contributed by atoms with Gasteiger partial charge in [0.2, 0.25) is 0 Å². The van der Waals surface area contributed by atoms with E-state index in [2.05, 4.69) is 19.6 Å². The molecule has 0 saturated carbocycles. The maximum Gasteiger partial charge on any atom is 0.573 e. The first kappa shape index (κ1) is 30.2. The Morgan fingerprint density at radius 1 is 1.10 bits per heavy atom. The quantitative estimate of drug-likeness (QED) is 0.207. The standard InChI is InChI=1S/C26H29ClF3N5O6/c27-25-32-24(35(37)38)16-34(25)13-9-19(36)17-40-22-5-6-23(31-15-22)33-11-7-18(8-12-33)10-14-39-20-1-3-21(4-2-20)41-26(28,29)30/h1-6,15-16,18-19,36H,7-14,17H2. The highest BCUT2D eigenvalue weighted by atomic mass is 35.5. The number of aliphatic hydroxyl groups is 1. The Bertz CT molecular complexity index is 1270. The number of nitrogens with zero attached hydrogens (tertiary/aromatic N) is 5. The van der Waals surface area contributed by atoms with Crippen LogP contribution in [-0.4, -0.2) is 63.3 Å². The molecule has 0 bridgehead atoms. The number of alkyl halides is 3. The molecule has 1 N–H and O–H groups in total. The molecule has 0 aliphatic carbocycles. The van der Waals surface area contributed by atoms with Gasteiger partial charge in [-0.15, -0.1) is 13.2 Å². The largest absolute Gasteiger partial charge is 0.573 e. The highest BCUT2D eigenvalue weighted by Gasteiger charge is 2.31. The van der Waals surface area contributed by atoms with Gasteiger partial charge >= 0.3 is 17.5 Å². The van der Waals surface area contributed by atoms with E-state index in [0.29, 0.717) is 24.0 Å². The van der Waals surface area contributed by atoms with Gasteiger partial charge in [-0.05, 0) is 89.5 Å². The molecule has 0 spiro atoms. The molecular formula is C26H29ClF3N5O6. The fourth-order valence-electron chi connectivity index (χ4n) is 4.37. The molecule has 2 aromatic heterocycles. The maximum atomic E-state index is 12.3. The van der Waals surface area contributed by atoms with Crippen LogP contribution >= 0.6 is 11.6 Å². The molecule has 4 rings (SSSR count). The topological polar surface area (TPSA) is 125 Å². The van der Waals surface area contributed by atoms with Crippen LogP contribution in [0.1, 0.15) is 25.7 Å². The number of piperidine rings is 1. The third-order valence-corrected chi connectivity index (χ3v) is 6.86. The normalized spacial score (nSPS) is 15.0. The Morgan fingerprint density at radius 3 is 2.39 bits per heavy atom. The summed E-state index contributed by atoms with van der Waals surface area (Å²) in [6, 6.07) is 9.01. The summed E-state index contributed by atoms with van der Waals surface area (Å²) in [5, 5.41) is 21.0. The van der Waals surface area contributed by atoms with Crippen molar-refractivity contribution < 1.29 is 37.4 Å². The first-order chi connectivity index (χ1) is 19.6. The third kappa shape index (κ3) is 9.39.